The quantitative estimate of drug-likeness (QED) is 0.350. The number of epoxide rings is 1. The highest BCUT2D eigenvalue weighted by molar-refractivity contribution is 4.82. The Hall–Kier alpha value is -0.0800. The van der Waals surface area contributed by atoms with Crippen LogP contribution in [-0.2, 0) is 4.74 Å². The summed E-state index contributed by atoms with van der Waals surface area (Å²) in [5, 5.41) is 9.84. The lowest BCUT2D eigenvalue weighted by molar-refractivity contribution is 0.139. The maximum Gasteiger partial charge on any atom is 0.0863 e. The van der Waals surface area contributed by atoms with Gasteiger partial charge < -0.3 is 9.84 Å². The van der Waals surface area contributed by atoms with Gasteiger partial charge >= 0.3 is 0 Å². The van der Waals surface area contributed by atoms with Gasteiger partial charge in [0.2, 0.25) is 0 Å². The number of ether oxygens (including phenoxy) is 1. The highest BCUT2D eigenvalue weighted by Gasteiger charge is 2.35. The molecule has 120 valence electrons. The van der Waals surface area contributed by atoms with Gasteiger partial charge in [-0.25, -0.2) is 0 Å². The Labute approximate surface area is 126 Å². The highest BCUT2D eigenvalue weighted by atomic mass is 16.6. The first kappa shape index (κ1) is 18.0. The van der Waals surface area contributed by atoms with Crippen LogP contribution >= 0.6 is 0 Å². The molecule has 0 aliphatic carbocycles. The molecule has 0 unspecified atom stereocenters. The lowest BCUT2D eigenvalue weighted by atomic mass is 10.0. The molecule has 1 heterocycles. The summed E-state index contributed by atoms with van der Waals surface area (Å²) in [5.74, 6) is 0. The molecule has 1 fully saturated rings. The molecular formula is C18H36O2. The van der Waals surface area contributed by atoms with Crippen molar-refractivity contribution in [2.45, 2.75) is 116 Å². The Morgan fingerprint density at radius 3 is 1.75 bits per heavy atom. The first-order valence-electron chi connectivity index (χ1n) is 9.07. The average Bonchev–Trinajstić information content (AvgIpc) is 3.11. The van der Waals surface area contributed by atoms with Crippen molar-refractivity contribution in [3.05, 3.63) is 0 Å². The van der Waals surface area contributed by atoms with Gasteiger partial charge in [-0.1, -0.05) is 77.6 Å². The molecule has 2 heteroatoms. The van der Waals surface area contributed by atoms with Crippen molar-refractivity contribution in [3.8, 4) is 0 Å². The van der Waals surface area contributed by atoms with Gasteiger partial charge in [0, 0.05) is 6.42 Å². The van der Waals surface area contributed by atoms with Crippen molar-refractivity contribution in [2.75, 3.05) is 0 Å². The van der Waals surface area contributed by atoms with Crippen LogP contribution in [0.15, 0.2) is 0 Å². The van der Waals surface area contributed by atoms with Crippen LogP contribution in [0, 0.1) is 0 Å². The van der Waals surface area contributed by atoms with E-state index in [1.807, 2.05) is 0 Å². The molecule has 0 aromatic rings. The lowest BCUT2D eigenvalue weighted by Crippen LogP contribution is -2.10. The predicted molar refractivity (Wildman–Crippen MR) is 86.0 cm³/mol. The Kier molecular flexibility index (Phi) is 10.4. The molecule has 1 aliphatic rings. The van der Waals surface area contributed by atoms with E-state index in [2.05, 4.69) is 13.8 Å². The topological polar surface area (TPSA) is 32.8 Å². The van der Waals surface area contributed by atoms with E-state index in [1.54, 1.807) is 0 Å². The number of unbranched alkanes of at least 4 members (excludes halogenated alkanes) is 10. The Morgan fingerprint density at radius 1 is 0.850 bits per heavy atom. The van der Waals surface area contributed by atoms with Crippen LogP contribution in [0.2, 0.25) is 0 Å². The average molecular weight is 284 g/mol. The third-order valence-electron chi connectivity index (χ3n) is 4.48. The van der Waals surface area contributed by atoms with Gasteiger partial charge in [0.15, 0.2) is 0 Å². The van der Waals surface area contributed by atoms with Crippen LogP contribution in [0.4, 0.5) is 0 Å². The molecule has 1 aliphatic heterocycles. The van der Waals surface area contributed by atoms with Crippen LogP contribution in [-0.4, -0.2) is 23.4 Å². The van der Waals surface area contributed by atoms with Crippen LogP contribution in [0.1, 0.15) is 97.3 Å². The summed E-state index contributed by atoms with van der Waals surface area (Å²) in [6.07, 6.45) is 17.5. The number of aliphatic hydroxyl groups is 1. The van der Waals surface area contributed by atoms with Gasteiger partial charge in [-0.15, -0.1) is 0 Å². The zero-order chi connectivity index (χ0) is 14.6. The molecule has 1 N–H and O–H groups in total. The summed E-state index contributed by atoms with van der Waals surface area (Å²) < 4.78 is 5.33. The van der Waals surface area contributed by atoms with E-state index in [-0.39, 0.29) is 6.10 Å². The number of hydrogen-bond acceptors (Lipinski definition) is 2. The minimum absolute atomic E-state index is 0.136. The minimum atomic E-state index is -0.136. The highest BCUT2D eigenvalue weighted by Crippen LogP contribution is 2.27. The molecule has 0 amide bonds. The largest absolute Gasteiger partial charge is 0.393 e. The second kappa shape index (κ2) is 11.6. The summed E-state index contributed by atoms with van der Waals surface area (Å²) in [6.45, 7) is 4.36. The van der Waals surface area contributed by atoms with Gasteiger partial charge in [0.25, 0.3) is 0 Å². The minimum Gasteiger partial charge on any atom is -0.393 e. The van der Waals surface area contributed by atoms with Crippen LogP contribution in [0.3, 0.4) is 0 Å². The van der Waals surface area contributed by atoms with Gasteiger partial charge in [-0.2, -0.15) is 0 Å². The summed E-state index contributed by atoms with van der Waals surface area (Å²) in [7, 11) is 0. The van der Waals surface area contributed by atoms with Crippen molar-refractivity contribution in [1.82, 2.24) is 0 Å². The van der Waals surface area contributed by atoms with Gasteiger partial charge in [0.1, 0.15) is 0 Å². The van der Waals surface area contributed by atoms with E-state index >= 15 is 0 Å². The fourth-order valence-corrected chi connectivity index (χ4v) is 2.91. The zero-order valence-corrected chi connectivity index (χ0v) is 13.8. The summed E-state index contributed by atoms with van der Waals surface area (Å²) in [6, 6.07) is 0. The van der Waals surface area contributed by atoms with E-state index < -0.39 is 0 Å². The van der Waals surface area contributed by atoms with Crippen LogP contribution in [0.25, 0.3) is 0 Å². The number of hydrogen-bond donors (Lipinski definition) is 1. The van der Waals surface area contributed by atoms with Crippen molar-refractivity contribution < 1.29 is 9.84 Å². The Bertz CT molecular complexity index is 217. The first-order valence-corrected chi connectivity index (χ1v) is 9.07. The molecule has 1 rings (SSSR count). The van der Waals surface area contributed by atoms with Crippen molar-refractivity contribution in [1.29, 1.82) is 0 Å². The maximum atomic E-state index is 9.84. The van der Waals surface area contributed by atoms with Crippen LogP contribution < -0.4 is 0 Å². The summed E-state index contributed by atoms with van der Waals surface area (Å²) >= 11 is 0. The Balaban J connectivity index is 1.72. The molecule has 2 nitrogen and oxygen atoms in total. The number of rotatable bonds is 14. The smallest absolute Gasteiger partial charge is 0.0863 e. The van der Waals surface area contributed by atoms with Gasteiger partial charge in [-0.05, 0) is 13.3 Å². The van der Waals surface area contributed by atoms with Crippen molar-refractivity contribution in [2.24, 2.45) is 0 Å². The second-order valence-electron chi connectivity index (χ2n) is 6.59. The van der Waals surface area contributed by atoms with E-state index in [9.17, 15) is 5.11 Å². The molecule has 1 saturated heterocycles. The molecule has 0 spiro atoms. The molecule has 0 aromatic heterocycles. The first-order chi connectivity index (χ1) is 9.74. The van der Waals surface area contributed by atoms with E-state index in [0.717, 1.165) is 12.8 Å². The SMILES string of the molecule is CCCCCCCCCCCCC[C@H](O)C[C@H]1O[C@@H]1C. The Morgan fingerprint density at radius 2 is 1.30 bits per heavy atom. The van der Waals surface area contributed by atoms with Crippen molar-refractivity contribution >= 4 is 0 Å². The predicted octanol–water partition coefficient (Wildman–Crippen LogP) is 5.23. The monoisotopic (exact) mass is 284 g/mol. The molecule has 0 bridgehead atoms. The van der Waals surface area contributed by atoms with E-state index in [4.69, 9.17) is 4.74 Å². The fraction of sp³-hybridized carbons (Fsp3) is 1.00. The molecule has 0 aromatic carbocycles. The molecule has 3 atom stereocenters. The fourth-order valence-electron chi connectivity index (χ4n) is 2.91. The lowest BCUT2D eigenvalue weighted by Gasteiger charge is -2.08. The van der Waals surface area contributed by atoms with Gasteiger partial charge in [0.05, 0.1) is 18.3 Å². The van der Waals surface area contributed by atoms with E-state index in [1.165, 1.54) is 70.6 Å². The molecule has 20 heavy (non-hydrogen) atoms. The third-order valence-corrected chi connectivity index (χ3v) is 4.48. The molecular weight excluding hydrogens is 248 g/mol. The summed E-state index contributed by atoms with van der Waals surface area (Å²) in [5.41, 5.74) is 0. The standard InChI is InChI=1S/C18H36O2/c1-3-4-5-6-7-8-9-10-11-12-13-14-17(19)15-18-16(2)20-18/h16-19H,3-15H2,1-2H3/t16-,17+,18-/m1/s1. The van der Waals surface area contributed by atoms with Gasteiger partial charge in [-0.3, -0.25) is 0 Å². The second-order valence-corrected chi connectivity index (χ2v) is 6.59. The third kappa shape index (κ3) is 9.77. The van der Waals surface area contributed by atoms with Crippen LogP contribution in [0.5, 0.6) is 0 Å². The van der Waals surface area contributed by atoms with Crippen molar-refractivity contribution in [3.63, 3.8) is 0 Å². The maximum absolute atomic E-state index is 9.84. The molecule has 0 saturated carbocycles. The number of aliphatic hydroxyl groups excluding tert-OH is 1. The normalized spacial score (nSPS) is 22.9. The summed E-state index contributed by atoms with van der Waals surface area (Å²) in [4.78, 5) is 0. The molecule has 0 radical (unpaired) electrons. The van der Waals surface area contributed by atoms with E-state index in [0.29, 0.717) is 12.2 Å². The zero-order valence-electron chi connectivity index (χ0n) is 13.8.